The SMILES string of the molecule is COc1ccc(-c2ccc(NC(=O)C3CC3c3cccc(C)c3)cc2-c2nn[nH]n2)cc1OC. The number of aromatic nitrogens is 4. The van der Waals surface area contributed by atoms with Gasteiger partial charge in [-0.1, -0.05) is 42.0 Å². The van der Waals surface area contributed by atoms with E-state index in [0.717, 1.165) is 23.1 Å². The first kappa shape index (κ1) is 21.6. The molecule has 34 heavy (non-hydrogen) atoms. The van der Waals surface area contributed by atoms with Gasteiger partial charge in [-0.25, -0.2) is 0 Å². The van der Waals surface area contributed by atoms with Crippen molar-refractivity contribution in [2.75, 3.05) is 19.5 Å². The Morgan fingerprint density at radius 1 is 1.00 bits per heavy atom. The summed E-state index contributed by atoms with van der Waals surface area (Å²) in [5, 5.41) is 17.6. The van der Waals surface area contributed by atoms with Gasteiger partial charge >= 0.3 is 0 Å². The molecule has 8 nitrogen and oxygen atoms in total. The molecule has 1 heterocycles. The number of rotatable bonds is 7. The largest absolute Gasteiger partial charge is 0.493 e. The zero-order chi connectivity index (χ0) is 23.7. The molecule has 0 saturated heterocycles. The van der Waals surface area contributed by atoms with E-state index < -0.39 is 0 Å². The molecule has 2 N–H and O–H groups in total. The second-order valence-corrected chi connectivity index (χ2v) is 8.42. The molecule has 172 valence electrons. The molecular formula is C26H25N5O3. The molecule has 0 spiro atoms. The first-order chi connectivity index (χ1) is 16.6. The van der Waals surface area contributed by atoms with Crippen LogP contribution in [0.2, 0.25) is 0 Å². The Labute approximate surface area is 197 Å². The van der Waals surface area contributed by atoms with E-state index in [1.54, 1.807) is 14.2 Å². The molecule has 8 heteroatoms. The Morgan fingerprint density at radius 3 is 2.59 bits per heavy atom. The third-order valence-corrected chi connectivity index (χ3v) is 6.17. The van der Waals surface area contributed by atoms with Crippen LogP contribution in [0.4, 0.5) is 5.69 Å². The number of carbonyl (C=O) groups excluding carboxylic acids is 1. The van der Waals surface area contributed by atoms with Crippen molar-refractivity contribution in [1.29, 1.82) is 0 Å². The highest BCUT2D eigenvalue weighted by molar-refractivity contribution is 5.96. The average molecular weight is 456 g/mol. The molecule has 1 amide bonds. The van der Waals surface area contributed by atoms with Gasteiger partial charge in [0.1, 0.15) is 0 Å². The lowest BCUT2D eigenvalue weighted by Gasteiger charge is -2.13. The van der Waals surface area contributed by atoms with Crippen LogP contribution in [0.25, 0.3) is 22.5 Å². The highest BCUT2D eigenvalue weighted by Gasteiger charge is 2.44. The number of ether oxygens (including phenoxy) is 2. The predicted molar refractivity (Wildman–Crippen MR) is 129 cm³/mol. The Bertz CT molecular complexity index is 1340. The van der Waals surface area contributed by atoms with E-state index in [0.29, 0.717) is 23.0 Å². The van der Waals surface area contributed by atoms with Crippen LogP contribution in [-0.2, 0) is 4.79 Å². The van der Waals surface area contributed by atoms with Gasteiger partial charge in [0.15, 0.2) is 11.5 Å². The Balaban J connectivity index is 1.42. The van der Waals surface area contributed by atoms with Crippen molar-refractivity contribution in [3.63, 3.8) is 0 Å². The number of methoxy groups -OCH3 is 2. The summed E-state index contributed by atoms with van der Waals surface area (Å²) in [4.78, 5) is 13.0. The fourth-order valence-electron chi connectivity index (χ4n) is 4.33. The quantitative estimate of drug-likeness (QED) is 0.422. The molecule has 1 aliphatic carbocycles. The van der Waals surface area contributed by atoms with Gasteiger partial charge < -0.3 is 14.8 Å². The minimum absolute atomic E-state index is 0.0180. The topological polar surface area (TPSA) is 102 Å². The average Bonchev–Trinajstić information content (AvgIpc) is 3.48. The number of tetrazole rings is 1. The Hall–Kier alpha value is -4.20. The number of H-pyrrole nitrogens is 1. The summed E-state index contributed by atoms with van der Waals surface area (Å²) < 4.78 is 10.8. The second kappa shape index (κ2) is 8.97. The number of anilines is 1. The number of amides is 1. The molecule has 1 aliphatic rings. The van der Waals surface area contributed by atoms with Gasteiger partial charge in [-0.15, -0.1) is 10.2 Å². The number of hydrogen-bond acceptors (Lipinski definition) is 6. The lowest BCUT2D eigenvalue weighted by atomic mass is 9.98. The van der Waals surface area contributed by atoms with Crippen molar-refractivity contribution >= 4 is 11.6 Å². The number of hydrogen-bond donors (Lipinski definition) is 2. The number of carbonyl (C=O) groups is 1. The lowest BCUT2D eigenvalue weighted by molar-refractivity contribution is -0.117. The van der Waals surface area contributed by atoms with E-state index in [-0.39, 0.29) is 17.7 Å². The van der Waals surface area contributed by atoms with Crippen molar-refractivity contribution in [2.45, 2.75) is 19.3 Å². The lowest BCUT2D eigenvalue weighted by Crippen LogP contribution is -2.14. The maximum absolute atomic E-state index is 13.0. The molecule has 0 bridgehead atoms. The molecular weight excluding hydrogens is 430 g/mol. The molecule has 0 aliphatic heterocycles. The molecule has 0 radical (unpaired) electrons. The summed E-state index contributed by atoms with van der Waals surface area (Å²) in [7, 11) is 3.20. The number of nitrogens with zero attached hydrogens (tertiary/aromatic N) is 3. The monoisotopic (exact) mass is 455 g/mol. The van der Waals surface area contributed by atoms with Gasteiger partial charge in [0, 0.05) is 17.2 Å². The van der Waals surface area contributed by atoms with Gasteiger partial charge in [-0.3, -0.25) is 4.79 Å². The zero-order valence-corrected chi connectivity index (χ0v) is 19.2. The van der Waals surface area contributed by atoms with Crippen molar-refractivity contribution < 1.29 is 14.3 Å². The summed E-state index contributed by atoms with van der Waals surface area (Å²) >= 11 is 0. The van der Waals surface area contributed by atoms with Gasteiger partial charge in [0.2, 0.25) is 11.7 Å². The maximum Gasteiger partial charge on any atom is 0.228 e. The van der Waals surface area contributed by atoms with E-state index in [9.17, 15) is 4.79 Å². The second-order valence-electron chi connectivity index (χ2n) is 8.42. The normalized spacial score (nSPS) is 16.7. The van der Waals surface area contributed by atoms with Crippen LogP contribution in [0.15, 0.2) is 60.7 Å². The van der Waals surface area contributed by atoms with Gasteiger partial charge in [-0.2, -0.15) is 5.21 Å². The van der Waals surface area contributed by atoms with Crippen LogP contribution in [0.3, 0.4) is 0 Å². The van der Waals surface area contributed by atoms with Crippen LogP contribution in [0.1, 0.15) is 23.5 Å². The van der Waals surface area contributed by atoms with Gasteiger partial charge in [0.05, 0.1) is 14.2 Å². The highest BCUT2D eigenvalue weighted by Crippen LogP contribution is 2.48. The summed E-state index contributed by atoms with van der Waals surface area (Å²) in [6, 6.07) is 19.7. The molecule has 4 aromatic rings. The number of nitrogens with one attached hydrogen (secondary N) is 2. The first-order valence-electron chi connectivity index (χ1n) is 11.0. The van der Waals surface area contributed by atoms with Crippen molar-refractivity contribution in [3.8, 4) is 34.0 Å². The van der Waals surface area contributed by atoms with Gasteiger partial charge in [-0.05, 0) is 65.4 Å². The minimum atomic E-state index is -0.0269. The molecule has 2 unspecified atom stereocenters. The van der Waals surface area contributed by atoms with Crippen molar-refractivity contribution in [3.05, 3.63) is 71.8 Å². The standard InChI is InChI=1S/C26H25N5O3/c1-15-5-4-6-16(11-15)20-14-22(20)26(32)27-18-8-9-19(21(13-18)25-28-30-31-29-25)17-7-10-23(33-2)24(12-17)34-3/h4-13,20,22H,14H2,1-3H3,(H,27,32)(H,28,29,30,31). The summed E-state index contributed by atoms with van der Waals surface area (Å²) in [6.07, 6.45) is 0.858. The van der Waals surface area contributed by atoms with Crippen molar-refractivity contribution in [2.24, 2.45) is 5.92 Å². The van der Waals surface area contributed by atoms with Crippen LogP contribution in [0, 0.1) is 12.8 Å². The van der Waals surface area contributed by atoms with Crippen LogP contribution < -0.4 is 14.8 Å². The van der Waals surface area contributed by atoms with Gasteiger partial charge in [0.25, 0.3) is 0 Å². The number of aromatic amines is 1. The third-order valence-electron chi connectivity index (χ3n) is 6.17. The third kappa shape index (κ3) is 4.22. The fraction of sp³-hybridized carbons (Fsp3) is 0.231. The zero-order valence-electron chi connectivity index (χ0n) is 19.2. The molecule has 1 fully saturated rings. The first-order valence-corrected chi connectivity index (χ1v) is 11.0. The van der Waals surface area contributed by atoms with Crippen molar-refractivity contribution in [1.82, 2.24) is 20.6 Å². The van der Waals surface area contributed by atoms with E-state index in [1.807, 2.05) is 42.5 Å². The number of aryl methyl sites for hydroxylation is 1. The van der Waals surface area contributed by atoms with E-state index >= 15 is 0 Å². The van der Waals surface area contributed by atoms with E-state index in [4.69, 9.17) is 9.47 Å². The Morgan fingerprint density at radius 2 is 1.85 bits per heavy atom. The molecule has 2 atom stereocenters. The predicted octanol–water partition coefficient (Wildman–Crippen LogP) is 4.60. The maximum atomic E-state index is 13.0. The molecule has 1 aromatic heterocycles. The summed E-state index contributed by atoms with van der Waals surface area (Å²) in [6.45, 7) is 2.07. The molecule has 1 saturated carbocycles. The summed E-state index contributed by atoms with van der Waals surface area (Å²) in [5.74, 6) is 1.95. The fourth-order valence-corrected chi connectivity index (χ4v) is 4.33. The summed E-state index contributed by atoms with van der Waals surface area (Å²) in [5.41, 5.74) is 5.63. The van der Waals surface area contributed by atoms with Crippen LogP contribution >= 0.6 is 0 Å². The highest BCUT2D eigenvalue weighted by atomic mass is 16.5. The van der Waals surface area contributed by atoms with Crippen LogP contribution in [0.5, 0.6) is 11.5 Å². The van der Waals surface area contributed by atoms with E-state index in [1.165, 1.54) is 11.1 Å². The Kier molecular flexibility index (Phi) is 5.71. The van der Waals surface area contributed by atoms with Crippen LogP contribution in [-0.4, -0.2) is 40.8 Å². The molecule has 3 aromatic carbocycles. The number of benzene rings is 3. The molecule has 5 rings (SSSR count). The van der Waals surface area contributed by atoms with E-state index in [2.05, 4.69) is 51.1 Å². The minimum Gasteiger partial charge on any atom is -0.493 e. The smallest absolute Gasteiger partial charge is 0.228 e.